The van der Waals surface area contributed by atoms with E-state index in [2.05, 4.69) is 9.97 Å². The van der Waals surface area contributed by atoms with E-state index in [4.69, 9.17) is 14.2 Å². The topological polar surface area (TPSA) is 94.1 Å². The van der Waals surface area contributed by atoms with Crippen molar-refractivity contribution < 1.29 is 37.0 Å². The van der Waals surface area contributed by atoms with Crippen molar-refractivity contribution in [2.75, 3.05) is 13.7 Å². The van der Waals surface area contributed by atoms with E-state index >= 15 is 0 Å². The predicted octanol–water partition coefficient (Wildman–Crippen LogP) is 6.07. The fourth-order valence-corrected chi connectivity index (χ4v) is 7.38. The van der Waals surface area contributed by atoms with E-state index in [-0.39, 0.29) is 37.7 Å². The molecule has 2 aliphatic carbocycles. The first kappa shape index (κ1) is 32.7. The molecule has 3 fully saturated rings. The number of methoxy groups -OCH3 is 1. The van der Waals surface area contributed by atoms with Gasteiger partial charge in [0.25, 0.3) is 0 Å². The summed E-state index contributed by atoms with van der Waals surface area (Å²) in [6.45, 7) is 1.44. The molecule has 9 nitrogen and oxygen atoms in total. The maximum absolute atomic E-state index is 14.1. The minimum atomic E-state index is -5.11. The Hall–Kier alpha value is -4.19. The Kier molecular flexibility index (Phi) is 9.41. The molecule has 3 unspecified atom stereocenters. The lowest BCUT2D eigenvalue weighted by Gasteiger charge is -2.37. The van der Waals surface area contributed by atoms with Crippen LogP contribution in [0.25, 0.3) is 0 Å². The number of carbonyl (C=O) groups is 2. The SMILES string of the molecule is COc1ccc(CN(C(=O)C(F)(F)F)[C@H]2C[C@@H](C)N(C(=O)OCc3ccccc3)[C@H]2COC2CCC3(c4ncccn4)CC3C2)cc1. The fourth-order valence-electron chi connectivity index (χ4n) is 7.38. The van der Waals surface area contributed by atoms with Crippen LogP contribution >= 0.6 is 0 Å². The highest BCUT2D eigenvalue weighted by atomic mass is 19.4. The maximum Gasteiger partial charge on any atom is 0.471 e. The number of fused-ring (bicyclic) bond motifs is 1. The number of aromatic nitrogens is 2. The highest BCUT2D eigenvalue weighted by molar-refractivity contribution is 5.82. The van der Waals surface area contributed by atoms with E-state index in [9.17, 15) is 22.8 Å². The van der Waals surface area contributed by atoms with Crippen LogP contribution in [0.5, 0.6) is 5.75 Å². The molecule has 0 bridgehead atoms. The van der Waals surface area contributed by atoms with E-state index in [1.54, 1.807) is 49.6 Å². The lowest BCUT2D eigenvalue weighted by Crippen LogP contribution is -2.54. The molecule has 1 aliphatic heterocycles. The van der Waals surface area contributed by atoms with Gasteiger partial charge in [0.15, 0.2) is 0 Å². The van der Waals surface area contributed by atoms with Crippen LogP contribution in [-0.4, -0.2) is 75.9 Å². The van der Waals surface area contributed by atoms with Gasteiger partial charge in [0, 0.05) is 30.4 Å². The third-order valence-electron chi connectivity index (χ3n) is 9.90. The second kappa shape index (κ2) is 13.5. The Morgan fingerprint density at radius 2 is 1.72 bits per heavy atom. The summed E-state index contributed by atoms with van der Waals surface area (Å²) in [6.07, 6.45) is 1.03. The van der Waals surface area contributed by atoms with E-state index in [0.717, 1.165) is 42.0 Å². The molecule has 12 heteroatoms. The number of benzene rings is 2. The van der Waals surface area contributed by atoms with Crippen LogP contribution in [0.1, 0.15) is 56.0 Å². The van der Waals surface area contributed by atoms with Crippen LogP contribution in [0.4, 0.5) is 18.0 Å². The zero-order valence-corrected chi connectivity index (χ0v) is 26.4. The minimum absolute atomic E-state index is 0.00608. The average Bonchev–Trinajstić information content (AvgIpc) is 3.73. The first-order valence-electron chi connectivity index (χ1n) is 16.0. The van der Waals surface area contributed by atoms with E-state index < -0.39 is 36.3 Å². The predicted molar refractivity (Wildman–Crippen MR) is 165 cm³/mol. The third kappa shape index (κ3) is 7.07. The van der Waals surface area contributed by atoms with Crippen LogP contribution in [0.15, 0.2) is 73.1 Å². The van der Waals surface area contributed by atoms with Gasteiger partial charge >= 0.3 is 18.2 Å². The molecule has 1 saturated heterocycles. The first-order valence-corrected chi connectivity index (χ1v) is 16.0. The zero-order chi connectivity index (χ0) is 33.2. The second-order valence-electron chi connectivity index (χ2n) is 12.8. The van der Waals surface area contributed by atoms with Crippen molar-refractivity contribution in [3.63, 3.8) is 0 Å². The van der Waals surface area contributed by atoms with E-state index in [1.807, 2.05) is 30.3 Å². The summed E-state index contributed by atoms with van der Waals surface area (Å²) in [5, 5.41) is 0. The fraction of sp³-hybridized carbons (Fsp3) is 0.486. The van der Waals surface area contributed by atoms with Gasteiger partial charge in [-0.1, -0.05) is 42.5 Å². The highest BCUT2D eigenvalue weighted by Crippen LogP contribution is 2.61. The van der Waals surface area contributed by atoms with Crippen molar-refractivity contribution >= 4 is 12.0 Å². The van der Waals surface area contributed by atoms with Gasteiger partial charge in [-0.2, -0.15) is 13.2 Å². The molecule has 2 aromatic carbocycles. The summed E-state index contributed by atoms with van der Waals surface area (Å²) in [6, 6.07) is 15.2. The van der Waals surface area contributed by atoms with Gasteiger partial charge in [-0.3, -0.25) is 9.69 Å². The van der Waals surface area contributed by atoms with Gasteiger partial charge in [0.2, 0.25) is 0 Å². The van der Waals surface area contributed by atoms with Gasteiger partial charge < -0.3 is 19.1 Å². The monoisotopic (exact) mass is 652 g/mol. The maximum atomic E-state index is 14.1. The highest BCUT2D eigenvalue weighted by Gasteiger charge is 2.60. The van der Waals surface area contributed by atoms with Gasteiger partial charge in [-0.05, 0) is 74.3 Å². The number of likely N-dealkylation sites (tertiary alicyclic amines) is 1. The van der Waals surface area contributed by atoms with E-state index in [1.165, 1.54) is 12.0 Å². The minimum Gasteiger partial charge on any atom is -0.497 e. The van der Waals surface area contributed by atoms with Crippen LogP contribution < -0.4 is 4.74 Å². The molecule has 2 amide bonds. The summed E-state index contributed by atoms with van der Waals surface area (Å²) >= 11 is 0. The van der Waals surface area contributed by atoms with Crippen LogP contribution in [0.2, 0.25) is 0 Å². The Morgan fingerprint density at radius 3 is 2.38 bits per heavy atom. The molecule has 2 heterocycles. The molecule has 1 aromatic heterocycles. The van der Waals surface area contributed by atoms with Crippen molar-refractivity contribution in [1.29, 1.82) is 0 Å². The number of amides is 2. The van der Waals surface area contributed by atoms with Gasteiger partial charge in [0.1, 0.15) is 18.2 Å². The number of alkyl halides is 3. The summed E-state index contributed by atoms with van der Waals surface area (Å²) in [5.74, 6) is -0.215. The summed E-state index contributed by atoms with van der Waals surface area (Å²) in [7, 11) is 1.50. The summed E-state index contributed by atoms with van der Waals surface area (Å²) in [4.78, 5) is 37.9. The molecule has 47 heavy (non-hydrogen) atoms. The molecule has 6 atom stereocenters. The smallest absolute Gasteiger partial charge is 0.471 e. The molecule has 3 aromatic rings. The van der Waals surface area contributed by atoms with Crippen molar-refractivity contribution in [2.45, 2.75) is 88.0 Å². The molecule has 6 rings (SSSR count). The van der Waals surface area contributed by atoms with E-state index in [0.29, 0.717) is 17.2 Å². The molecule has 3 aliphatic rings. The second-order valence-corrected chi connectivity index (χ2v) is 12.8. The number of ether oxygens (including phenoxy) is 3. The number of nitrogens with zero attached hydrogens (tertiary/aromatic N) is 4. The first-order chi connectivity index (χ1) is 22.6. The lowest BCUT2D eigenvalue weighted by molar-refractivity contribution is -0.189. The molecule has 0 spiro atoms. The largest absolute Gasteiger partial charge is 0.497 e. The third-order valence-corrected chi connectivity index (χ3v) is 9.90. The normalized spacial score (nSPS) is 26.7. The molecule has 250 valence electrons. The Balaban J connectivity index is 1.23. The van der Waals surface area contributed by atoms with Crippen molar-refractivity contribution in [3.05, 3.63) is 90.0 Å². The van der Waals surface area contributed by atoms with Crippen LogP contribution in [-0.2, 0) is 32.8 Å². The van der Waals surface area contributed by atoms with Crippen molar-refractivity contribution in [1.82, 2.24) is 19.8 Å². The average molecular weight is 653 g/mol. The molecule has 0 radical (unpaired) electrons. The molecule has 0 N–H and O–H groups in total. The Labute approximate surface area is 272 Å². The number of hydrogen-bond acceptors (Lipinski definition) is 7. The Bertz CT molecular complexity index is 1530. The number of halogens is 3. The zero-order valence-electron chi connectivity index (χ0n) is 26.4. The number of hydrogen-bond donors (Lipinski definition) is 0. The van der Waals surface area contributed by atoms with Gasteiger partial charge in [-0.25, -0.2) is 14.8 Å². The summed E-state index contributed by atoms with van der Waals surface area (Å²) in [5.41, 5.74) is 1.23. The van der Waals surface area contributed by atoms with Crippen molar-refractivity contribution in [2.24, 2.45) is 5.92 Å². The van der Waals surface area contributed by atoms with Crippen LogP contribution in [0.3, 0.4) is 0 Å². The molecular formula is C35H39F3N4O5. The Morgan fingerprint density at radius 1 is 1.00 bits per heavy atom. The van der Waals surface area contributed by atoms with Gasteiger partial charge in [0.05, 0.1) is 31.9 Å². The quantitative estimate of drug-likeness (QED) is 0.263. The number of rotatable bonds is 10. The lowest BCUT2D eigenvalue weighted by atomic mass is 9.86. The standard InChI is InChI=1S/C35H39F3N4O5/c1-23-17-29(41(32(43)35(36,37)38)20-24-9-11-27(45-2)12-10-24)30(42(23)33(44)47-21-25-7-4-3-5-8-25)22-46-28-13-14-34(19-26(34)18-28)31-39-15-6-16-40-31/h3-12,15-16,23,26,28-30H,13-14,17-22H2,1-2H3/t23-,26?,28?,29+,30+,34?/m1/s1. The summed E-state index contributed by atoms with van der Waals surface area (Å²) < 4.78 is 59.6. The van der Waals surface area contributed by atoms with Gasteiger partial charge in [-0.15, -0.1) is 0 Å². The molecule has 2 saturated carbocycles. The number of carbonyl (C=O) groups excluding carboxylic acids is 2. The molecular weight excluding hydrogens is 613 g/mol. The van der Waals surface area contributed by atoms with Crippen molar-refractivity contribution in [3.8, 4) is 5.75 Å². The van der Waals surface area contributed by atoms with Crippen LogP contribution in [0, 0.1) is 5.92 Å².